The second-order valence-electron chi connectivity index (χ2n) is 18.3. The fourth-order valence-corrected chi connectivity index (χ4v) is 8.02. The Morgan fingerprint density at radius 1 is 0.500 bits per heavy atom. The van der Waals surface area contributed by atoms with Crippen molar-refractivity contribution in [3.63, 3.8) is 0 Å². The summed E-state index contributed by atoms with van der Waals surface area (Å²) in [6, 6.07) is 0. The second kappa shape index (κ2) is 46.3. The van der Waals surface area contributed by atoms with Gasteiger partial charge in [-0.25, -0.2) is 0 Å². The predicted octanol–water partition coefficient (Wildman–Crippen LogP) is 13.3. The number of hydrogen-bond acceptors (Lipinski definition) is 9. The number of carbonyl (C=O) groups excluding carboxylic acids is 1. The first-order valence-corrected chi connectivity index (χ1v) is 26.7. The highest BCUT2D eigenvalue weighted by Crippen LogP contribution is 2.23. The standard InChI is InChI=1S/C55H100O9/c1-3-5-7-9-11-13-15-17-19-21-23-24-25-27-29-31-33-35-37-39-41-43-45-61-47-49(48-62-55-54(60)53(59)52(58)50(46-56)64-55)63-51(57)44-42-40-38-36-34-32-30-28-26-22-20-18-16-14-12-10-8-6-4-2/h12,14-15,17-18,20-21,23,49-50,52-56,58-60H,3-11,13,16,19,22,24-48H2,1-2H3/b14-12-,17-15-,20-18-,23-21-. The molecule has 1 aliphatic rings. The van der Waals surface area contributed by atoms with Crippen molar-refractivity contribution in [2.45, 2.75) is 269 Å². The molecule has 0 aromatic rings. The van der Waals surface area contributed by atoms with Crippen LogP contribution < -0.4 is 0 Å². The molecule has 374 valence electrons. The van der Waals surface area contributed by atoms with Gasteiger partial charge >= 0.3 is 5.97 Å². The number of rotatable bonds is 46. The molecular formula is C55H100O9. The molecule has 1 saturated heterocycles. The van der Waals surface area contributed by atoms with Gasteiger partial charge in [-0.3, -0.25) is 4.79 Å². The van der Waals surface area contributed by atoms with E-state index in [4.69, 9.17) is 18.9 Å². The minimum Gasteiger partial charge on any atom is -0.457 e. The fourth-order valence-electron chi connectivity index (χ4n) is 8.02. The zero-order valence-corrected chi connectivity index (χ0v) is 41.3. The van der Waals surface area contributed by atoms with Crippen LogP contribution >= 0.6 is 0 Å². The van der Waals surface area contributed by atoms with Crippen molar-refractivity contribution in [1.29, 1.82) is 0 Å². The first kappa shape index (κ1) is 60.2. The Balaban J connectivity index is 2.19. The summed E-state index contributed by atoms with van der Waals surface area (Å²) in [6.45, 7) is 4.54. The smallest absolute Gasteiger partial charge is 0.306 e. The number of esters is 1. The highest BCUT2D eigenvalue weighted by Gasteiger charge is 2.44. The molecule has 0 saturated carbocycles. The van der Waals surface area contributed by atoms with E-state index in [1.54, 1.807) is 0 Å². The predicted molar refractivity (Wildman–Crippen MR) is 265 cm³/mol. The van der Waals surface area contributed by atoms with E-state index >= 15 is 0 Å². The molecule has 1 rings (SSSR count). The van der Waals surface area contributed by atoms with Gasteiger partial charge < -0.3 is 39.4 Å². The first-order chi connectivity index (χ1) is 31.4. The maximum atomic E-state index is 12.8. The average molecular weight is 905 g/mol. The van der Waals surface area contributed by atoms with E-state index < -0.39 is 43.4 Å². The van der Waals surface area contributed by atoms with E-state index in [9.17, 15) is 25.2 Å². The Hall–Kier alpha value is -1.85. The monoisotopic (exact) mass is 905 g/mol. The van der Waals surface area contributed by atoms with Crippen LogP contribution in [-0.4, -0.2) is 89.6 Å². The van der Waals surface area contributed by atoms with Crippen molar-refractivity contribution in [2.75, 3.05) is 26.4 Å². The van der Waals surface area contributed by atoms with Crippen molar-refractivity contribution in [3.05, 3.63) is 48.6 Å². The molecule has 0 aromatic heterocycles. The zero-order valence-electron chi connectivity index (χ0n) is 41.3. The largest absolute Gasteiger partial charge is 0.457 e. The van der Waals surface area contributed by atoms with Crippen molar-refractivity contribution in [2.24, 2.45) is 0 Å². The maximum absolute atomic E-state index is 12.8. The minimum atomic E-state index is -1.54. The quantitative estimate of drug-likeness (QED) is 0.0267. The van der Waals surface area contributed by atoms with E-state index in [1.807, 2.05) is 0 Å². The summed E-state index contributed by atoms with van der Waals surface area (Å²) in [6.07, 6.45) is 51.4. The number of aliphatic hydroxyl groups is 4. The number of hydrogen-bond donors (Lipinski definition) is 4. The van der Waals surface area contributed by atoms with Crippen LogP contribution in [0.2, 0.25) is 0 Å². The van der Waals surface area contributed by atoms with Crippen LogP contribution in [0.3, 0.4) is 0 Å². The van der Waals surface area contributed by atoms with E-state index in [1.165, 1.54) is 167 Å². The summed E-state index contributed by atoms with van der Waals surface area (Å²) in [4.78, 5) is 12.8. The molecule has 0 amide bonds. The molecule has 0 radical (unpaired) electrons. The van der Waals surface area contributed by atoms with Crippen LogP contribution in [0, 0.1) is 0 Å². The number of unbranched alkanes of at least 4 members (excludes halogenated alkanes) is 27. The second-order valence-corrected chi connectivity index (χ2v) is 18.3. The van der Waals surface area contributed by atoms with Crippen LogP contribution in [0.25, 0.3) is 0 Å². The molecule has 0 spiro atoms. The molecule has 4 N–H and O–H groups in total. The SMILES string of the molecule is CCCCC/C=C\C/C=C\CCCCCCCCCCCC(=O)OC(COCCCCCCCCCCCC/C=C\C/C=C\CCCCCCC)COC1OC(CO)C(O)C(O)C1O. The summed E-state index contributed by atoms with van der Waals surface area (Å²) >= 11 is 0. The normalized spacial score (nSPS) is 19.9. The van der Waals surface area contributed by atoms with Crippen LogP contribution in [0.1, 0.15) is 232 Å². The van der Waals surface area contributed by atoms with Gasteiger partial charge in [0.2, 0.25) is 0 Å². The zero-order chi connectivity index (χ0) is 46.4. The number of aliphatic hydroxyl groups excluding tert-OH is 4. The number of allylic oxidation sites excluding steroid dienone is 8. The van der Waals surface area contributed by atoms with Gasteiger partial charge in [-0.1, -0.05) is 197 Å². The molecule has 6 unspecified atom stereocenters. The maximum Gasteiger partial charge on any atom is 0.306 e. The minimum absolute atomic E-state index is 0.116. The lowest BCUT2D eigenvalue weighted by Crippen LogP contribution is -2.59. The third kappa shape index (κ3) is 36.3. The van der Waals surface area contributed by atoms with Crippen LogP contribution in [-0.2, 0) is 23.7 Å². The highest BCUT2D eigenvalue weighted by atomic mass is 16.7. The van der Waals surface area contributed by atoms with Gasteiger partial charge in [0, 0.05) is 13.0 Å². The summed E-state index contributed by atoms with van der Waals surface area (Å²) in [5.41, 5.74) is 0. The van der Waals surface area contributed by atoms with Gasteiger partial charge in [0.15, 0.2) is 6.29 Å². The van der Waals surface area contributed by atoms with Gasteiger partial charge in [-0.2, -0.15) is 0 Å². The molecule has 9 nitrogen and oxygen atoms in total. The van der Waals surface area contributed by atoms with Crippen molar-refractivity contribution >= 4 is 5.97 Å². The first-order valence-electron chi connectivity index (χ1n) is 26.7. The molecule has 1 fully saturated rings. The van der Waals surface area contributed by atoms with Crippen molar-refractivity contribution in [1.82, 2.24) is 0 Å². The lowest BCUT2D eigenvalue weighted by Gasteiger charge is -2.39. The van der Waals surface area contributed by atoms with Gasteiger partial charge in [0.1, 0.15) is 30.5 Å². The molecule has 9 heteroatoms. The van der Waals surface area contributed by atoms with Crippen molar-refractivity contribution < 1.29 is 44.2 Å². The molecule has 6 atom stereocenters. The molecule has 1 heterocycles. The molecule has 0 aromatic carbocycles. The Kier molecular flexibility index (Phi) is 43.5. The third-order valence-electron chi connectivity index (χ3n) is 12.2. The Morgan fingerprint density at radius 2 is 0.906 bits per heavy atom. The van der Waals surface area contributed by atoms with Crippen LogP contribution in [0.15, 0.2) is 48.6 Å². The summed E-state index contributed by atoms with van der Waals surface area (Å²) in [5.74, 6) is -0.318. The Bertz CT molecular complexity index is 1120. The van der Waals surface area contributed by atoms with E-state index in [-0.39, 0.29) is 19.2 Å². The van der Waals surface area contributed by atoms with Gasteiger partial charge in [0.25, 0.3) is 0 Å². The van der Waals surface area contributed by atoms with Crippen LogP contribution in [0.5, 0.6) is 0 Å². The molecular weight excluding hydrogens is 805 g/mol. The van der Waals surface area contributed by atoms with Crippen molar-refractivity contribution in [3.8, 4) is 0 Å². The number of ether oxygens (including phenoxy) is 4. The molecule has 0 aliphatic carbocycles. The van der Waals surface area contributed by atoms with Crippen LogP contribution in [0.4, 0.5) is 0 Å². The molecule has 1 aliphatic heterocycles. The molecule has 64 heavy (non-hydrogen) atoms. The lowest BCUT2D eigenvalue weighted by atomic mass is 9.99. The highest BCUT2D eigenvalue weighted by molar-refractivity contribution is 5.69. The van der Waals surface area contributed by atoms with Gasteiger partial charge in [-0.15, -0.1) is 0 Å². The Morgan fingerprint density at radius 3 is 1.38 bits per heavy atom. The molecule has 0 bridgehead atoms. The summed E-state index contributed by atoms with van der Waals surface area (Å²) in [7, 11) is 0. The van der Waals surface area contributed by atoms with E-state index in [0.29, 0.717) is 13.0 Å². The Labute approximate surface area is 392 Å². The average Bonchev–Trinajstić information content (AvgIpc) is 3.30. The lowest BCUT2D eigenvalue weighted by molar-refractivity contribution is -0.305. The summed E-state index contributed by atoms with van der Waals surface area (Å²) in [5, 5.41) is 40.3. The van der Waals surface area contributed by atoms with E-state index in [0.717, 1.165) is 44.9 Å². The third-order valence-corrected chi connectivity index (χ3v) is 12.2. The van der Waals surface area contributed by atoms with Gasteiger partial charge in [-0.05, 0) is 77.0 Å². The number of carbonyl (C=O) groups is 1. The summed E-state index contributed by atoms with van der Waals surface area (Å²) < 4.78 is 22.9. The van der Waals surface area contributed by atoms with E-state index in [2.05, 4.69) is 62.5 Å². The topological polar surface area (TPSA) is 135 Å². The van der Waals surface area contributed by atoms with Gasteiger partial charge in [0.05, 0.1) is 19.8 Å². The fraction of sp³-hybridized carbons (Fsp3) is 0.836.